The third-order valence-corrected chi connectivity index (χ3v) is 7.22. The van der Waals surface area contributed by atoms with E-state index in [0.29, 0.717) is 34.1 Å². The van der Waals surface area contributed by atoms with Crippen molar-refractivity contribution in [2.45, 2.75) is 19.4 Å². The van der Waals surface area contributed by atoms with Gasteiger partial charge in [-0.3, -0.25) is 4.79 Å². The molecule has 1 saturated heterocycles. The molecule has 1 amide bonds. The first-order valence-electron chi connectivity index (χ1n) is 9.82. The Bertz CT molecular complexity index is 1270. The quantitative estimate of drug-likeness (QED) is 0.451. The fourth-order valence-electron chi connectivity index (χ4n) is 3.77. The van der Waals surface area contributed by atoms with Gasteiger partial charge in [-0.2, -0.15) is 0 Å². The maximum Gasteiger partial charge on any atom is 0.274 e. The predicted molar refractivity (Wildman–Crippen MR) is 120 cm³/mol. The molecule has 4 aromatic rings. The Morgan fingerprint density at radius 3 is 2.77 bits per heavy atom. The topological polar surface area (TPSA) is 58.1 Å². The molecule has 1 aliphatic rings. The Hall–Kier alpha value is -2.91. The molecule has 0 aliphatic carbocycles. The number of carbonyl (C=O) groups is 1. The predicted octanol–water partition coefficient (Wildman–Crippen LogP) is 5.33. The Kier molecular flexibility index (Phi) is 5.15. The maximum atomic E-state index is 14.0. The summed E-state index contributed by atoms with van der Waals surface area (Å²) in [4.78, 5) is 24.7. The number of hydrogen-bond donors (Lipinski definition) is 1. The number of likely N-dealkylation sites (tertiary alicyclic amines) is 1. The van der Waals surface area contributed by atoms with Crippen molar-refractivity contribution >= 4 is 43.9 Å². The van der Waals surface area contributed by atoms with Crippen molar-refractivity contribution in [2.75, 3.05) is 18.4 Å². The number of benzene rings is 2. The first-order valence-corrected chi connectivity index (χ1v) is 11.5. The van der Waals surface area contributed by atoms with Gasteiger partial charge in [-0.1, -0.05) is 41.7 Å². The SMILES string of the molecule is Cc1nc(C(=O)N2CC[C@@H](Nc3nc4cc(F)cc(F)c4s3)C2)c(-c2ccccc2)s1. The molecule has 1 fully saturated rings. The standard InChI is InChI=1S/C22H18F2N4OS2/c1-12-25-18(19(30-12)13-5-3-2-4-6-13)21(29)28-8-7-15(11-28)26-22-27-17-10-14(23)9-16(24)20(17)31-22/h2-6,9-10,15H,7-8,11H2,1H3,(H,26,27)/t15-/m1/s1. The highest BCUT2D eigenvalue weighted by atomic mass is 32.1. The van der Waals surface area contributed by atoms with Crippen LogP contribution < -0.4 is 5.32 Å². The zero-order chi connectivity index (χ0) is 21.5. The van der Waals surface area contributed by atoms with Crippen LogP contribution in [0.25, 0.3) is 20.7 Å². The lowest BCUT2D eigenvalue weighted by molar-refractivity contribution is 0.0787. The van der Waals surface area contributed by atoms with Gasteiger partial charge in [0.05, 0.1) is 20.1 Å². The number of nitrogens with one attached hydrogen (secondary N) is 1. The van der Waals surface area contributed by atoms with E-state index >= 15 is 0 Å². The van der Waals surface area contributed by atoms with Crippen LogP contribution >= 0.6 is 22.7 Å². The van der Waals surface area contributed by atoms with Crippen LogP contribution in [0.15, 0.2) is 42.5 Å². The van der Waals surface area contributed by atoms with E-state index in [4.69, 9.17) is 0 Å². The zero-order valence-corrected chi connectivity index (χ0v) is 18.2. The minimum absolute atomic E-state index is 0.0164. The number of amides is 1. The third-order valence-electron chi connectivity index (χ3n) is 5.19. The minimum Gasteiger partial charge on any atom is -0.357 e. The van der Waals surface area contributed by atoms with Gasteiger partial charge in [0.25, 0.3) is 5.91 Å². The molecule has 0 spiro atoms. The lowest BCUT2D eigenvalue weighted by Crippen LogP contribution is -2.32. The van der Waals surface area contributed by atoms with Crippen LogP contribution in [-0.2, 0) is 0 Å². The number of hydrogen-bond acceptors (Lipinski definition) is 6. The van der Waals surface area contributed by atoms with Gasteiger partial charge in [0.1, 0.15) is 17.3 Å². The summed E-state index contributed by atoms with van der Waals surface area (Å²) in [5.74, 6) is -1.35. The molecule has 31 heavy (non-hydrogen) atoms. The number of fused-ring (bicyclic) bond motifs is 1. The smallest absolute Gasteiger partial charge is 0.274 e. The molecule has 5 rings (SSSR count). The monoisotopic (exact) mass is 456 g/mol. The molecular weight excluding hydrogens is 438 g/mol. The van der Waals surface area contributed by atoms with Crippen molar-refractivity contribution in [3.8, 4) is 10.4 Å². The number of thiazole rings is 2. The molecule has 9 heteroatoms. The third kappa shape index (κ3) is 3.90. The van der Waals surface area contributed by atoms with Crippen molar-refractivity contribution in [2.24, 2.45) is 0 Å². The Balaban J connectivity index is 1.32. The van der Waals surface area contributed by atoms with Crippen LogP contribution in [0.2, 0.25) is 0 Å². The zero-order valence-electron chi connectivity index (χ0n) is 16.6. The first kappa shape index (κ1) is 20.0. The summed E-state index contributed by atoms with van der Waals surface area (Å²) in [5.41, 5.74) is 1.75. The molecule has 1 aliphatic heterocycles. The second kappa shape index (κ2) is 7.97. The molecule has 158 valence electrons. The number of anilines is 1. The summed E-state index contributed by atoms with van der Waals surface area (Å²) in [6.07, 6.45) is 0.738. The summed E-state index contributed by atoms with van der Waals surface area (Å²) in [5, 5.41) is 4.64. The van der Waals surface area contributed by atoms with Crippen LogP contribution in [-0.4, -0.2) is 39.9 Å². The van der Waals surface area contributed by atoms with E-state index < -0.39 is 11.6 Å². The first-order chi connectivity index (χ1) is 15.0. The van der Waals surface area contributed by atoms with Crippen LogP contribution in [0, 0.1) is 18.6 Å². The van der Waals surface area contributed by atoms with E-state index in [0.717, 1.165) is 39.3 Å². The van der Waals surface area contributed by atoms with Gasteiger partial charge in [0.2, 0.25) is 0 Å². The van der Waals surface area contributed by atoms with Crippen molar-refractivity contribution in [1.29, 1.82) is 0 Å². The highest BCUT2D eigenvalue weighted by Gasteiger charge is 2.30. The summed E-state index contributed by atoms with van der Waals surface area (Å²) in [6.45, 7) is 2.99. The highest BCUT2D eigenvalue weighted by molar-refractivity contribution is 7.22. The van der Waals surface area contributed by atoms with Crippen molar-refractivity contribution in [3.05, 3.63) is 64.8 Å². The molecule has 5 nitrogen and oxygen atoms in total. The lowest BCUT2D eigenvalue weighted by Gasteiger charge is -2.16. The van der Waals surface area contributed by atoms with Crippen molar-refractivity contribution in [3.63, 3.8) is 0 Å². The Labute approximate surface area is 185 Å². The van der Waals surface area contributed by atoms with Crippen LogP contribution in [0.5, 0.6) is 0 Å². The molecule has 0 saturated carbocycles. The van der Waals surface area contributed by atoms with Crippen molar-refractivity contribution in [1.82, 2.24) is 14.9 Å². The summed E-state index contributed by atoms with van der Waals surface area (Å²) in [7, 11) is 0. The summed E-state index contributed by atoms with van der Waals surface area (Å²) in [6, 6.07) is 11.9. The van der Waals surface area contributed by atoms with Gasteiger partial charge in [0.15, 0.2) is 5.13 Å². The summed E-state index contributed by atoms with van der Waals surface area (Å²) >= 11 is 2.66. The molecule has 3 heterocycles. The number of aromatic nitrogens is 2. The minimum atomic E-state index is -0.646. The van der Waals surface area contributed by atoms with E-state index in [1.807, 2.05) is 37.3 Å². The number of aryl methyl sites for hydroxylation is 1. The molecule has 0 unspecified atom stereocenters. The van der Waals surface area contributed by atoms with Gasteiger partial charge < -0.3 is 10.2 Å². The van der Waals surface area contributed by atoms with E-state index in [1.54, 1.807) is 4.90 Å². The normalized spacial score (nSPS) is 16.2. The Morgan fingerprint density at radius 1 is 1.16 bits per heavy atom. The second-order valence-corrected chi connectivity index (χ2v) is 9.61. The molecule has 2 aromatic carbocycles. The molecular formula is C22H18F2N4OS2. The van der Waals surface area contributed by atoms with E-state index in [2.05, 4.69) is 15.3 Å². The van der Waals surface area contributed by atoms with Crippen LogP contribution in [0.3, 0.4) is 0 Å². The molecule has 0 bridgehead atoms. The van der Waals surface area contributed by atoms with Gasteiger partial charge in [-0.15, -0.1) is 11.3 Å². The summed E-state index contributed by atoms with van der Waals surface area (Å²) < 4.78 is 27.7. The number of rotatable bonds is 4. The lowest BCUT2D eigenvalue weighted by atomic mass is 10.1. The van der Waals surface area contributed by atoms with Gasteiger partial charge >= 0.3 is 0 Å². The highest BCUT2D eigenvalue weighted by Crippen LogP contribution is 2.33. The molecule has 1 atom stereocenters. The average molecular weight is 457 g/mol. The number of nitrogens with zero attached hydrogens (tertiary/aromatic N) is 3. The van der Waals surface area contributed by atoms with Gasteiger partial charge in [-0.25, -0.2) is 18.7 Å². The van der Waals surface area contributed by atoms with E-state index in [-0.39, 0.29) is 11.9 Å². The van der Waals surface area contributed by atoms with Gasteiger partial charge in [-0.05, 0) is 18.9 Å². The van der Waals surface area contributed by atoms with E-state index in [1.165, 1.54) is 17.4 Å². The fourth-order valence-corrected chi connectivity index (χ4v) is 5.61. The second-order valence-electron chi connectivity index (χ2n) is 7.41. The number of carbonyl (C=O) groups excluding carboxylic acids is 1. The van der Waals surface area contributed by atoms with Crippen LogP contribution in [0.1, 0.15) is 21.9 Å². The largest absolute Gasteiger partial charge is 0.357 e. The Morgan fingerprint density at radius 2 is 1.97 bits per heavy atom. The maximum absolute atomic E-state index is 14.0. The molecule has 1 N–H and O–H groups in total. The van der Waals surface area contributed by atoms with Crippen LogP contribution in [0.4, 0.5) is 13.9 Å². The molecule has 0 radical (unpaired) electrons. The average Bonchev–Trinajstić information content (AvgIpc) is 3.47. The fraction of sp³-hybridized carbons (Fsp3) is 0.227. The van der Waals surface area contributed by atoms with Crippen molar-refractivity contribution < 1.29 is 13.6 Å². The van der Waals surface area contributed by atoms with E-state index in [9.17, 15) is 13.6 Å². The molecule has 2 aromatic heterocycles. The van der Waals surface area contributed by atoms with Gasteiger partial charge in [0, 0.05) is 31.3 Å². The number of halogens is 2.